The summed E-state index contributed by atoms with van der Waals surface area (Å²) >= 11 is 0. The highest BCUT2D eigenvalue weighted by Crippen LogP contribution is 2.22. The minimum absolute atomic E-state index is 0.000372. The van der Waals surface area contributed by atoms with Gasteiger partial charge in [-0.2, -0.15) is 0 Å². The first-order valence-corrected chi connectivity index (χ1v) is 7.58. The molecule has 6 nitrogen and oxygen atoms in total. The van der Waals surface area contributed by atoms with Crippen molar-refractivity contribution >= 4 is 11.8 Å². The molecule has 1 aliphatic heterocycles. The molecule has 2 aromatic heterocycles. The maximum atomic E-state index is 12.5. The normalized spacial score (nSPS) is 17.5. The molecule has 0 unspecified atom stereocenters. The molecule has 0 bridgehead atoms. The lowest BCUT2D eigenvalue weighted by molar-refractivity contribution is -0.135. The fourth-order valence-corrected chi connectivity index (χ4v) is 2.80. The van der Waals surface area contributed by atoms with Gasteiger partial charge < -0.3 is 14.2 Å². The van der Waals surface area contributed by atoms with Gasteiger partial charge in [0.2, 0.25) is 11.8 Å². The summed E-state index contributed by atoms with van der Waals surface area (Å²) in [6.07, 6.45) is 3.55. The summed E-state index contributed by atoms with van der Waals surface area (Å²) < 4.78 is 5.26. The number of hydrogen-bond donors (Lipinski definition) is 0. The maximum absolute atomic E-state index is 12.5. The number of furan rings is 1. The van der Waals surface area contributed by atoms with E-state index in [0.29, 0.717) is 19.6 Å². The Kier molecular flexibility index (Phi) is 4.41. The van der Waals surface area contributed by atoms with E-state index in [4.69, 9.17) is 4.42 Å². The van der Waals surface area contributed by atoms with Crippen molar-refractivity contribution in [2.24, 2.45) is 5.92 Å². The summed E-state index contributed by atoms with van der Waals surface area (Å²) in [5.74, 6) is 0.403. The van der Waals surface area contributed by atoms with E-state index < -0.39 is 0 Å². The van der Waals surface area contributed by atoms with Gasteiger partial charge in [0.25, 0.3) is 0 Å². The third kappa shape index (κ3) is 3.59. The van der Waals surface area contributed by atoms with E-state index in [1.807, 2.05) is 24.3 Å². The predicted molar refractivity (Wildman–Crippen MR) is 82.9 cm³/mol. The van der Waals surface area contributed by atoms with Gasteiger partial charge in [0.05, 0.1) is 31.0 Å². The molecule has 1 saturated heterocycles. The van der Waals surface area contributed by atoms with Crippen molar-refractivity contribution in [2.45, 2.75) is 19.5 Å². The fraction of sp³-hybridized carbons (Fsp3) is 0.353. The van der Waals surface area contributed by atoms with Crippen molar-refractivity contribution in [1.29, 1.82) is 0 Å². The first-order chi connectivity index (χ1) is 11.1. The third-order valence-electron chi connectivity index (χ3n) is 3.99. The second kappa shape index (κ2) is 6.64. The monoisotopic (exact) mass is 313 g/mol. The number of nitrogens with zero attached hydrogens (tertiary/aromatic N) is 3. The molecule has 1 fully saturated rings. The number of carbonyl (C=O) groups excluding carboxylic acids is 2. The number of amides is 2. The Morgan fingerprint density at radius 3 is 2.96 bits per heavy atom. The van der Waals surface area contributed by atoms with Crippen molar-refractivity contribution in [3.8, 4) is 0 Å². The summed E-state index contributed by atoms with van der Waals surface area (Å²) in [4.78, 5) is 32.2. The van der Waals surface area contributed by atoms with Crippen LogP contribution in [0.15, 0.2) is 47.2 Å². The van der Waals surface area contributed by atoms with Crippen LogP contribution in [-0.2, 0) is 22.7 Å². The van der Waals surface area contributed by atoms with Crippen molar-refractivity contribution in [3.63, 3.8) is 0 Å². The molecule has 0 saturated carbocycles. The molecule has 2 amide bonds. The largest absolute Gasteiger partial charge is 0.467 e. The highest BCUT2D eigenvalue weighted by Gasteiger charge is 2.35. The molecule has 120 valence electrons. The van der Waals surface area contributed by atoms with Crippen LogP contribution in [0.3, 0.4) is 0 Å². The van der Waals surface area contributed by atoms with Crippen LogP contribution in [0, 0.1) is 5.92 Å². The number of rotatable bonds is 5. The van der Waals surface area contributed by atoms with E-state index in [1.54, 1.807) is 35.4 Å². The van der Waals surface area contributed by atoms with Gasteiger partial charge in [-0.15, -0.1) is 0 Å². The quantitative estimate of drug-likeness (QED) is 0.842. The summed E-state index contributed by atoms with van der Waals surface area (Å²) in [6, 6.07) is 9.23. The number of hydrogen-bond acceptors (Lipinski definition) is 4. The standard InChI is InChI=1S/C17H19N3O3/c1-19(12-15-6-4-8-23-15)17(22)13-9-16(21)20(10-13)11-14-5-2-3-7-18-14/h2-8,13H,9-12H2,1H3/t13-/m1/s1. The van der Waals surface area contributed by atoms with Gasteiger partial charge in [-0.3, -0.25) is 14.6 Å². The molecule has 1 atom stereocenters. The molecule has 0 radical (unpaired) electrons. The van der Waals surface area contributed by atoms with E-state index in [2.05, 4.69) is 4.98 Å². The van der Waals surface area contributed by atoms with Crippen LogP contribution < -0.4 is 0 Å². The van der Waals surface area contributed by atoms with Crippen LogP contribution in [0.25, 0.3) is 0 Å². The van der Waals surface area contributed by atoms with Crippen LogP contribution in [0.4, 0.5) is 0 Å². The van der Waals surface area contributed by atoms with Crippen molar-refractivity contribution < 1.29 is 14.0 Å². The average molecular weight is 313 g/mol. The van der Waals surface area contributed by atoms with Crippen molar-refractivity contribution in [1.82, 2.24) is 14.8 Å². The Bertz CT molecular complexity index is 670. The van der Waals surface area contributed by atoms with Gasteiger partial charge in [-0.25, -0.2) is 0 Å². The molecule has 0 N–H and O–H groups in total. The number of carbonyl (C=O) groups is 2. The topological polar surface area (TPSA) is 66.7 Å². The highest BCUT2D eigenvalue weighted by molar-refractivity contribution is 5.89. The van der Waals surface area contributed by atoms with Gasteiger partial charge in [-0.1, -0.05) is 6.07 Å². The van der Waals surface area contributed by atoms with Crippen LogP contribution in [0.1, 0.15) is 17.9 Å². The molecule has 0 aromatic carbocycles. The van der Waals surface area contributed by atoms with Gasteiger partial charge in [0, 0.05) is 26.2 Å². The van der Waals surface area contributed by atoms with Gasteiger partial charge in [0.15, 0.2) is 0 Å². The van der Waals surface area contributed by atoms with E-state index in [1.165, 1.54) is 0 Å². The van der Waals surface area contributed by atoms with E-state index >= 15 is 0 Å². The lowest BCUT2D eigenvalue weighted by Crippen LogP contribution is -2.34. The van der Waals surface area contributed by atoms with Crippen LogP contribution in [0.5, 0.6) is 0 Å². The Balaban J connectivity index is 1.59. The van der Waals surface area contributed by atoms with Gasteiger partial charge in [-0.05, 0) is 24.3 Å². The third-order valence-corrected chi connectivity index (χ3v) is 3.99. The maximum Gasteiger partial charge on any atom is 0.228 e. The molecule has 1 aliphatic rings. The van der Waals surface area contributed by atoms with Crippen molar-refractivity contribution in [2.75, 3.05) is 13.6 Å². The molecule has 0 spiro atoms. The second-order valence-electron chi connectivity index (χ2n) is 5.77. The molecule has 3 heterocycles. The zero-order chi connectivity index (χ0) is 16.2. The number of pyridine rings is 1. The summed E-state index contributed by atoms with van der Waals surface area (Å²) in [5, 5.41) is 0. The average Bonchev–Trinajstić information content (AvgIpc) is 3.18. The zero-order valence-corrected chi connectivity index (χ0v) is 13.0. The zero-order valence-electron chi connectivity index (χ0n) is 13.0. The Morgan fingerprint density at radius 1 is 1.39 bits per heavy atom. The van der Waals surface area contributed by atoms with E-state index in [0.717, 1.165) is 11.5 Å². The molecule has 3 rings (SSSR count). The smallest absolute Gasteiger partial charge is 0.228 e. The van der Waals surface area contributed by atoms with Crippen molar-refractivity contribution in [3.05, 3.63) is 54.2 Å². The summed E-state index contributed by atoms with van der Waals surface area (Å²) in [6.45, 7) is 1.30. The minimum Gasteiger partial charge on any atom is -0.467 e. The molecule has 0 aliphatic carbocycles. The molecule has 2 aromatic rings. The minimum atomic E-state index is -0.300. The summed E-state index contributed by atoms with van der Waals surface area (Å²) in [5.41, 5.74) is 0.831. The Hall–Kier alpha value is -2.63. The Morgan fingerprint density at radius 2 is 2.26 bits per heavy atom. The number of aromatic nitrogens is 1. The molecule has 6 heteroatoms. The highest BCUT2D eigenvalue weighted by atomic mass is 16.3. The van der Waals surface area contributed by atoms with Gasteiger partial charge in [0.1, 0.15) is 5.76 Å². The van der Waals surface area contributed by atoms with Crippen LogP contribution in [-0.4, -0.2) is 40.2 Å². The Labute approximate surface area is 134 Å². The van der Waals surface area contributed by atoms with Crippen LogP contribution in [0.2, 0.25) is 0 Å². The number of likely N-dealkylation sites (tertiary alicyclic amines) is 1. The lowest BCUT2D eigenvalue weighted by atomic mass is 10.1. The van der Waals surface area contributed by atoms with Gasteiger partial charge >= 0.3 is 0 Å². The molecular weight excluding hydrogens is 294 g/mol. The second-order valence-corrected chi connectivity index (χ2v) is 5.77. The first-order valence-electron chi connectivity index (χ1n) is 7.58. The predicted octanol–water partition coefficient (Wildman–Crippen LogP) is 1.68. The summed E-state index contributed by atoms with van der Waals surface area (Å²) in [7, 11) is 1.73. The van der Waals surface area contributed by atoms with E-state index in [9.17, 15) is 9.59 Å². The fourth-order valence-electron chi connectivity index (χ4n) is 2.80. The molecular formula is C17H19N3O3. The molecule has 23 heavy (non-hydrogen) atoms. The SMILES string of the molecule is CN(Cc1ccco1)C(=O)[C@@H]1CC(=O)N(Cc2ccccn2)C1. The van der Waals surface area contributed by atoms with Crippen LogP contribution >= 0.6 is 0 Å². The lowest BCUT2D eigenvalue weighted by Gasteiger charge is -2.20. The first kappa shape index (κ1) is 15.3. The van der Waals surface area contributed by atoms with E-state index in [-0.39, 0.29) is 24.2 Å².